The van der Waals surface area contributed by atoms with Crippen molar-refractivity contribution in [2.75, 3.05) is 7.11 Å². The van der Waals surface area contributed by atoms with Gasteiger partial charge in [0.1, 0.15) is 0 Å². The number of carbonyl (C=O) groups excluding carboxylic acids is 1. The first-order chi connectivity index (χ1) is 7.13. The summed E-state index contributed by atoms with van der Waals surface area (Å²) in [6.07, 6.45) is 0.110. The number of alkyl halides is 2. The summed E-state index contributed by atoms with van der Waals surface area (Å²) < 4.78 is 29.0. The normalized spacial score (nSPS) is 10.9. The summed E-state index contributed by atoms with van der Waals surface area (Å²) in [5.74, 6) is -0.516. The highest BCUT2D eigenvalue weighted by Crippen LogP contribution is 2.19. The standard InChI is InChI=1S/C11H10F2O2/c1-15-10(14)6-5-8-3-2-4-9(7-8)11(12)13/h2-7,11H,1H3/b6-5+. The lowest BCUT2D eigenvalue weighted by molar-refractivity contribution is -0.134. The molecule has 1 rings (SSSR count). The molecule has 0 saturated heterocycles. The van der Waals surface area contributed by atoms with Gasteiger partial charge in [-0.25, -0.2) is 13.6 Å². The van der Waals surface area contributed by atoms with E-state index in [1.807, 2.05) is 0 Å². The van der Waals surface area contributed by atoms with Crippen molar-refractivity contribution in [3.63, 3.8) is 0 Å². The van der Waals surface area contributed by atoms with Gasteiger partial charge in [-0.3, -0.25) is 0 Å². The summed E-state index contributed by atoms with van der Waals surface area (Å²) in [6.45, 7) is 0. The second-order valence-corrected chi connectivity index (χ2v) is 2.83. The molecule has 0 aliphatic rings. The van der Waals surface area contributed by atoms with E-state index in [4.69, 9.17) is 0 Å². The number of rotatable bonds is 3. The summed E-state index contributed by atoms with van der Waals surface area (Å²) in [5.41, 5.74) is 0.472. The molecule has 0 radical (unpaired) electrons. The summed E-state index contributed by atoms with van der Waals surface area (Å²) in [7, 11) is 1.25. The Balaban J connectivity index is 2.82. The summed E-state index contributed by atoms with van der Waals surface area (Å²) in [5, 5.41) is 0. The first-order valence-electron chi connectivity index (χ1n) is 4.27. The number of carbonyl (C=O) groups is 1. The molecule has 0 amide bonds. The van der Waals surface area contributed by atoms with Gasteiger partial charge in [-0.1, -0.05) is 18.2 Å². The van der Waals surface area contributed by atoms with Crippen molar-refractivity contribution < 1.29 is 18.3 Å². The largest absolute Gasteiger partial charge is 0.466 e. The summed E-state index contributed by atoms with van der Waals surface area (Å²) in [6, 6.07) is 5.80. The van der Waals surface area contributed by atoms with Crippen LogP contribution in [0.5, 0.6) is 0 Å². The number of ether oxygens (including phenoxy) is 1. The zero-order chi connectivity index (χ0) is 11.3. The fraction of sp³-hybridized carbons (Fsp3) is 0.182. The van der Waals surface area contributed by atoms with Crippen molar-refractivity contribution in [3.05, 3.63) is 41.5 Å². The number of hydrogen-bond acceptors (Lipinski definition) is 2. The highest BCUT2D eigenvalue weighted by atomic mass is 19.3. The van der Waals surface area contributed by atoms with Gasteiger partial charge in [-0.2, -0.15) is 0 Å². The molecule has 1 aromatic carbocycles. The van der Waals surface area contributed by atoms with Gasteiger partial charge in [0.05, 0.1) is 7.11 Å². The van der Waals surface area contributed by atoms with E-state index in [0.29, 0.717) is 5.56 Å². The molecular weight excluding hydrogens is 202 g/mol. The maximum Gasteiger partial charge on any atom is 0.330 e. The Kier molecular flexibility index (Phi) is 3.97. The van der Waals surface area contributed by atoms with E-state index in [1.54, 1.807) is 6.07 Å². The minimum Gasteiger partial charge on any atom is -0.466 e. The predicted octanol–water partition coefficient (Wildman–Crippen LogP) is 2.81. The molecule has 0 heterocycles. The Labute approximate surface area is 86.2 Å². The minimum absolute atomic E-state index is 0.0676. The lowest BCUT2D eigenvalue weighted by Gasteiger charge is -2.00. The molecule has 0 spiro atoms. The Morgan fingerprint density at radius 2 is 2.20 bits per heavy atom. The van der Waals surface area contributed by atoms with Crippen LogP contribution in [-0.4, -0.2) is 13.1 Å². The third-order valence-electron chi connectivity index (χ3n) is 1.78. The molecule has 80 valence electrons. The predicted molar refractivity (Wildman–Crippen MR) is 52.4 cm³/mol. The first kappa shape index (κ1) is 11.4. The molecule has 0 unspecified atom stereocenters. The van der Waals surface area contributed by atoms with Gasteiger partial charge in [-0.05, 0) is 17.7 Å². The van der Waals surface area contributed by atoms with E-state index < -0.39 is 12.4 Å². The maximum atomic E-state index is 12.3. The van der Waals surface area contributed by atoms with Crippen molar-refractivity contribution in [2.45, 2.75) is 6.43 Å². The van der Waals surface area contributed by atoms with Crippen LogP contribution < -0.4 is 0 Å². The second kappa shape index (κ2) is 5.24. The summed E-state index contributed by atoms with van der Waals surface area (Å²) in [4.78, 5) is 10.7. The third kappa shape index (κ3) is 3.50. The van der Waals surface area contributed by atoms with Crippen molar-refractivity contribution in [1.82, 2.24) is 0 Å². The van der Waals surface area contributed by atoms with Gasteiger partial charge < -0.3 is 4.74 Å². The molecule has 2 nitrogen and oxygen atoms in total. The SMILES string of the molecule is COC(=O)/C=C/c1cccc(C(F)F)c1. The highest BCUT2D eigenvalue weighted by molar-refractivity contribution is 5.86. The van der Waals surface area contributed by atoms with Crippen molar-refractivity contribution >= 4 is 12.0 Å². The molecule has 15 heavy (non-hydrogen) atoms. The quantitative estimate of drug-likeness (QED) is 0.568. The number of hydrogen-bond donors (Lipinski definition) is 0. The molecule has 0 atom stereocenters. The molecular formula is C11H10F2O2. The molecule has 0 aliphatic heterocycles. The fourth-order valence-electron chi connectivity index (χ4n) is 1.03. The van der Waals surface area contributed by atoms with Crippen LogP contribution in [0.4, 0.5) is 8.78 Å². The lowest BCUT2D eigenvalue weighted by Crippen LogP contribution is -1.93. The van der Waals surface area contributed by atoms with Crippen molar-refractivity contribution in [1.29, 1.82) is 0 Å². The molecule has 0 aliphatic carbocycles. The van der Waals surface area contributed by atoms with Crippen LogP contribution in [0.15, 0.2) is 30.3 Å². The highest BCUT2D eigenvalue weighted by Gasteiger charge is 2.05. The van der Waals surface area contributed by atoms with E-state index in [0.717, 1.165) is 0 Å². The number of benzene rings is 1. The maximum absolute atomic E-state index is 12.3. The van der Waals surface area contributed by atoms with Gasteiger partial charge in [0.2, 0.25) is 0 Å². The Morgan fingerprint density at radius 1 is 1.47 bits per heavy atom. The zero-order valence-corrected chi connectivity index (χ0v) is 8.11. The van der Waals surface area contributed by atoms with E-state index in [1.165, 1.54) is 37.5 Å². The van der Waals surface area contributed by atoms with Gasteiger partial charge >= 0.3 is 5.97 Å². The molecule has 4 heteroatoms. The minimum atomic E-state index is -2.50. The van der Waals surface area contributed by atoms with Crippen LogP contribution in [0.1, 0.15) is 17.6 Å². The van der Waals surface area contributed by atoms with Crippen LogP contribution in [0.25, 0.3) is 6.08 Å². The number of methoxy groups -OCH3 is 1. The van der Waals surface area contributed by atoms with E-state index >= 15 is 0 Å². The molecule has 0 aromatic heterocycles. The molecule has 0 saturated carbocycles. The zero-order valence-electron chi connectivity index (χ0n) is 8.11. The van der Waals surface area contributed by atoms with Crippen molar-refractivity contribution in [3.8, 4) is 0 Å². The second-order valence-electron chi connectivity index (χ2n) is 2.83. The van der Waals surface area contributed by atoms with E-state index in [9.17, 15) is 13.6 Å². The van der Waals surface area contributed by atoms with Gasteiger partial charge in [-0.15, -0.1) is 0 Å². The molecule has 1 aromatic rings. The Morgan fingerprint density at radius 3 is 2.80 bits per heavy atom. The van der Waals surface area contributed by atoms with Crippen LogP contribution in [0.3, 0.4) is 0 Å². The average Bonchev–Trinajstić information content (AvgIpc) is 2.26. The Bertz CT molecular complexity index is 373. The van der Waals surface area contributed by atoms with Crippen molar-refractivity contribution in [2.24, 2.45) is 0 Å². The van der Waals surface area contributed by atoms with Crippen LogP contribution in [0.2, 0.25) is 0 Å². The fourth-order valence-corrected chi connectivity index (χ4v) is 1.03. The average molecular weight is 212 g/mol. The first-order valence-corrected chi connectivity index (χ1v) is 4.27. The van der Waals surface area contributed by atoms with Crippen LogP contribution in [0, 0.1) is 0 Å². The molecule has 0 bridgehead atoms. The topological polar surface area (TPSA) is 26.3 Å². The number of halogens is 2. The third-order valence-corrected chi connectivity index (χ3v) is 1.78. The summed E-state index contributed by atoms with van der Waals surface area (Å²) >= 11 is 0. The van der Waals surface area contributed by atoms with Gasteiger partial charge in [0.25, 0.3) is 6.43 Å². The molecule has 0 N–H and O–H groups in total. The van der Waals surface area contributed by atoms with Gasteiger partial charge in [0, 0.05) is 11.6 Å². The molecule has 0 fully saturated rings. The van der Waals surface area contributed by atoms with E-state index in [2.05, 4.69) is 4.74 Å². The number of esters is 1. The smallest absolute Gasteiger partial charge is 0.330 e. The van der Waals surface area contributed by atoms with Crippen LogP contribution in [-0.2, 0) is 9.53 Å². The Hall–Kier alpha value is -1.71. The van der Waals surface area contributed by atoms with E-state index in [-0.39, 0.29) is 5.56 Å². The van der Waals surface area contributed by atoms with Crippen LogP contribution >= 0.6 is 0 Å². The monoisotopic (exact) mass is 212 g/mol. The van der Waals surface area contributed by atoms with Gasteiger partial charge in [0.15, 0.2) is 0 Å². The lowest BCUT2D eigenvalue weighted by atomic mass is 10.1.